The van der Waals surface area contributed by atoms with E-state index in [1.54, 1.807) is 42.5 Å². The summed E-state index contributed by atoms with van der Waals surface area (Å²) in [4.78, 5) is 35.2. The molecule has 2 rings (SSSR count). The van der Waals surface area contributed by atoms with Crippen molar-refractivity contribution in [3.8, 4) is 0 Å². The summed E-state index contributed by atoms with van der Waals surface area (Å²) in [5.74, 6) is -1.31. The molecule has 0 aliphatic heterocycles. The third-order valence-electron chi connectivity index (χ3n) is 3.17. The SMILES string of the molecule is Cc1ccc(C(=O)NCC(=O)OCC(=O)c2ccccc2)cc1. The average Bonchev–Trinajstić information content (AvgIpc) is 2.59. The molecule has 0 atom stereocenters. The molecule has 0 aromatic heterocycles. The van der Waals surface area contributed by atoms with Crippen molar-refractivity contribution in [2.45, 2.75) is 6.92 Å². The van der Waals surface area contributed by atoms with Crippen LogP contribution >= 0.6 is 0 Å². The van der Waals surface area contributed by atoms with Gasteiger partial charge >= 0.3 is 5.97 Å². The van der Waals surface area contributed by atoms with Gasteiger partial charge in [-0.05, 0) is 19.1 Å². The minimum Gasteiger partial charge on any atom is -0.456 e. The second-order valence-electron chi connectivity index (χ2n) is 5.00. The number of benzene rings is 2. The van der Waals surface area contributed by atoms with Gasteiger partial charge in [0.2, 0.25) is 0 Å². The van der Waals surface area contributed by atoms with E-state index >= 15 is 0 Å². The van der Waals surface area contributed by atoms with Gasteiger partial charge in [0, 0.05) is 11.1 Å². The van der Waals surface area contributed by atoms with Gasteiger partial charge in [-0.25, -0.2) is 0 Å². The van der Waals surface area contributed by atoms with Crippen LogP contribution in [0.2, 0.25) is 0 Å². The van der Waals surface area contributed by atoms with E-state index in [1.807, 2.05) is 19.1 Å². The lowest BCUT2D eigenvalue weighted by atomic mass is 10.1. The molecule has 0 saturated heterocycles. The number of amides is 1. The Labute approximate surface area is 134 Å². The number of carbonyl (C=O) groups excluding carboxylic acids is 3. The Morgan fingerprint density at radius 1 is 0.913 bits per heavy atom. The lowest BCUT2D eigenvalue weighted by molar-refractivity contribution is -0.141. The highest BCUT2D eigenvalue weighted by atomic mass is 16.5. The van der Waals surface area contributed by atoms with Crippen LogP contribution in [0.1, 0.15) is 26.3 Å². The summed E-state index contributed by atoms with van der Waals surface area (Å²) < 4.78 is 4.86. The first-order valence-corrected chi connectivity index (χ1v) is 7.15. The van der Waals surface area contributed by atoms with Gasteiger partial charge in [-0.1, -0.05) is 48.0 Å². The molecule has 0 saturated carbocycles. The molecular formula is C18H17NO4. The number of nitrogens with one attached hydrogen (secondary N) is 1. The highest BCUT2D eigenvalue weighted by Crippen LogP contribution is 2.03. The van der Waals surface area contributed by atoms with E-state index in [9.17, 15) is 14.4 Å². The van der Waals surface area contributed by atoms with Crippen LogP contribution in [0.5, 0.6) is 0 Å². The van der Waals surface area contributed by atoms with E-state index in [1.165, 1.54) is 0 Å². The van der Waals surface area contributed by atoms with Gasteiger partial charge in [0.05, 0.1) is 0 Å². The number of ketones is 1. The Morgan fingerprint density at radius 2 is 1.57 bits per heavy atom. The lowest BCUT2D eigenvalue weighted by Gasteiger charge is -2.06. The fourth-order valence-corrected chi connectivity index (χ4v) is 1.86. The largest absolute Gasteiger partial charge is 0.456 e. The van der Waals surface area contributed by atoms with Crippen molar-refractivity contribution in [3.63, 3.8) is 0 Å². The highest BCUT2D eigenvalue weighted by molar-refractivity contribution is 5.98. The first-order chi connectivity index (χ1) is 11.1. The molecule has 0 unspecified atom stereocenters. The predicted molar refractivity (Wildman–Crippen MR) is 85.2 cm³/mol. The molecule has 1 amide bonds. The second-order valence-corrected chi connectivity index (χ2v) is 5.00. The molecule has 0 aliphatic carbocycles. The fourth-order valence-electron chi connectivity index (χ4n) is 1.86. The van der Waals surface area contributed by atoms with Crippen molar-refractivity contribution in [1.82, 2.24) is 5.32 Å². The molecule has 5 nitrogen and oxygen atoms in total. The zero-order valence-corrected chi connectivity index (χ0v) is 12.7. The smallest absolute Gasteiger partial charge is 0.325 e. The molecule has 5 heteroatoms. The molecule has 2 aromatic rings. The van der Waals surface area contributed by atoms with Crippen LogP contribution < -0.4 is 5.32 Å². The predicted octanol–water partition coefficient (Wildman–Crippen LogP) is 2.15. The molecular weight excluding hydrogens is 294 g/mol. The Balaban J connectivity index is 1.76. The van der Waals surface area contributed by atoms with Gasteiger partial charge in [0.15, 0.2) is 12.4 Å². The number of ether oxygens (including phenoxy) is 1. The lowest BCUT2D eigenvalue weighted by Crippen LogP contribution is -2.31. The maximum absolute atomic E-state index is 11.8. The third-order valence-corrected chi connectivity index (χ3v) is 3.17. The number of Topliss-reactive ketones (excluding diaryl/α,β-unsaturated/α-hetero) is 1. The van der Waals surface area contributed by atoms with Crippen molar-refractivity contribution in [3.05, 3.63) is 71.3 Å². The minimum absolute atomic E-state index is 0.283. The first kappa shape index (κ1) is 16.4. The normalized spacial score (nSPS) is 9.96. The van der Waals surface area contributed by atoms with Crippen molar-refractivity contribution in [2.75, 3.05) is 13.2 Å². The van der Waals surface area contributed by atoms with Crippen LogP contribution in [0.15, 0.2) is 54.6 Å². The topological polar surface area (TPSA) is 72.5 Å². The molecule has 0 bridgehead atoms. The summed E-state index contributed by atoms with van der Waals surface area (Å²) in [5, 5.41) is 2.46. The molecule has 23 heavy (non-hydrogen) atoms. The summed E-state index contributed by atoms with van der Waals surface area (Å²) in [6.45, 7) is 1.29. The minimum atomic E-state index is -0.658. The van der Waals surface area contributed by atoms with Crippen molar-refractivity contribution < 1.29 is 19.1 Å². The Bertz CT molecular complexity index is 693. The van der Waals surface area contributed by atoms with Crippen LogP contribution in [0.4, 0.5) is 0 Å². The third kappa shape index (κ3) is 5.07. The molecule has 0 aliphatic rings. The number of rotatable bonds is 6. The standard InChI is InChI=1S/C18H17NO4/c1-13-7-9-15(10-8-13)18(22)19-11-17(21)23-12-16(20)14-5-3-2-4-6-14/h2-10H,11-12H2,1H3,(H,19,22). The molecule has 2 aromatic carbocycles. The molecule has 118 valence electrons. The van der Waals surface area contributed by atoms with Crippen molar-refractivity contribution >= 4 is 17.7 Å². The van der Waals surface area contributed by atoms with Crippen LogP contribution in [0, 0.1) is 6.92 Å². The molecule has 0 fully saturated rings. The van der Waals surface area contributed by atoms with Gasteiger partial charge < -0.3 is 10.1 Å². The first-order valence-electron chi connectivity index (χ1n) is 7.15. The van der Waals surface area contributed by atoms with Crippen molar-refractivity contribution in [1.29, 1.82) is 0 Å². The maximum Gasteiger partial charge on any atom is 0.325 e. The Morgan fingerprint density at radius 3 is 2.22 bits per heavy atom. The number of hydrogen-bond donors (Lipinski definition) is 1. The Kier molecular flexibility index (Phi) is 5.63. The van der Waals surface area contributed by atoms with Crippen LogP contribution in [0.25, 0.3) is 0 Å². The molecule has 0 heterocycles. The van der Waals surface area contributed by atoms with Gasteiger partial charge in [0.1, 0.15) is 6.54 Å². The summed E-state index contributed by atoms with van der Waals surface area (Å²) >= 11 is 0. The number of aryl methyl sites for hydroxylation is 1. The number of carbonyl (C=O) groups is 3. The van der Waals surface area contributed by atoms with Gasteiger partial charge in [-0.15, -0.1) is 0 Å². The fraction of sp³-hybridized carbons (Fsp3) is 0.167. The summed E-state index contributed by atoms with van der Waals surface area (Å²) in [7, 11) is 0. The van der Waals surface area contributed by atoms with Gasteiger partial charge in [-0.3, -0.25) is 14.4 Å². The van der Waals surface area contributed by atoms with Gasteiger partial charge in [-0.2, -0.15) is 0 Å². The average molecular weight is 311 g/mol. The number of hydrogen-bond acceptors (Lipinski definition) is 4. The maximum atomic E-state index is 11.8. The summed E-state index contributed by atoms with van der Waals surface area (Å²) in [6.07, 6.45) is 0. The monoisotopic (exact) mass is 311 g/mol. The second kappa shape index (κ2) is 7.89. The molecule has 0 spiro atoms. The van der Waals surface area contributed by atoms with Crippen LogP contribution in [-0.2, 0) is 9.53 Å². The summed E-state index contributed by atoms with van der Waals surface area (Å²) in [6, 6.07) is 15.5. The highest BCUT2D eigenvalue weighted by Gasteiger charge is 2.11. The van der Waals surface area contributed by atoms with E-state index in [2.05, 4.69) is 5.32 Å². The van der Waals surface area contributed by atoms with E-state index in [0.717, 1.165) is 5.56 Å². The quantitative estimate of drug-likeness (QED) is 0.655. The molecule has 1 N–H and O–H groups in total. The van der Waals surface area contributed by atoms with E-state index in [-0.39, 0.29) is 24.8 Å². The van der Waals surface area contributed by atoms with Gasteiger partial charge in [0.25, 0.3) is 5.91 Å². The zero-order chi connectivity index (χ0) is 16.7. The summed E-state index contributed by atoms with van der Waals surface area (Å²) in [5.41, 5.74) is 1.98. The van der Waals surface area contributed by atoms with Crippen LogP contribution in [0.3, 0.4) is 0 Å². The van der Waals surface area contributed by atoms with Crippen LogP contribution in [-0.4, -0.2) is 30.8 Å². The zero-order valence-electron chi connectivity index (χ0n) is 12.7. The van der Waals surface area contributed by atoms with E-state index in [0.29, 0.717) is 11.1 Å². The molecule has 0 radical (unpaired) electrons. The Hall–Kier alpha value is -2.95. The van der Waals surface area contributed by atoms with E-state index in [4.69, 9.17) is 4.74 Å². The number of esters is 1. The van der Waals surface area contributed by atoms with Crippen molar-refractivity contribution in [2.24, 2.45) is 0 Å². The van der Waals surface area contributed by atoms with E-state index < -0.39 is 5.97 Å².